The molecule has 0 N–H and O–H groups in total. The van der Waals surface area contributed by atoms with Crippen LogP contribution in [0.25, 0.3) is 0 Å². The van der Waals surface area contributed by atoms with E-state index in [-0.39, 0.29) is 18.5 Å². The predicted molar refractivity (Wildman–Crippen MR) is 69.0 cm³/mol. The fourth-order valence-electron chi connectivity index (χ4n) is 3.66. The van der Waals surface area contributed by atoms with E-state index in [1.54, 1.807) is 0 Å². The highest BCUT2D eigenvalue weighted by atomic mass is 16.5. The summed E-state index contributed by atoms with van der Waals surface area (Å²) in [4.78, 5) is 26.0. The van der Waals surface area contributed by atoms with E-state index >= 15 is 0 Å². The van der Waals surface area contributed by atoms with Crippen molar-refractivity contribution in [3.63, 3.8) is 0 Å². The highest BCUT2D eigenvalue weighted by molar-refractivity contribution is 6.09. The van der Waals surface area contributed by atoms with Crippen molar-refractivity contribution in [1.82, 2.24) is 0 Å². The van der Waals surface area contributed by atoms with Gasteiger partial charge in [0.2, 0.25) is 5.91 Å². The first-order valence-corrected chi connectivity index (χ1v) is 6.82. The molecule has 3 aliphatic heterocycles. The maximum atomic E-state index is 12.8. The first-order chi connectivity index (χ1) is 9.22. The van der Waals surface area contributed by atoms with Crippen LogP contribution in [0.2, 0.25) is 0 Å². The fourth-order valence-corrected chi connectivity index (χ4v) is 3.66. The van der Waals surface area contributed by atoms with Crippen LogP contribution < -0.4 is 4.90 Å². The van der Waals surface area contributed by atoms with Gasteiger partial charge in [-0.3, -0.25) is 9.59 Å². The maximum absolute atomic E-state index is 12.8. The number of hydrogen-bond acceptors (Lipinski definition) is 3. The fraction of sp³-hybridized carbons (Fsp3) is 0.467. The highest BCUT2D eigenvalue weighted by Crippen LogP contribution is 2.49. The molecule has 1 aromatic carbocycles. The molecule has 4 rings (SSSR count). The summed E-state index contributed by atoms with van der Waals surface area (Å²) < 4.78 is 5.21. The lowest BCUT2D eigenvalue weighted by molar-refractivity contribution is -0.153. The zero-order valence-electron chi connectivity index (χ0n) is 10.6. The molecule has 4 heteroatoms. The van der Waals surface area contributed by atoms with E-state index in [4.69, 9.17) is 4.74 Å². The summed E-state index contributed by atoms with van der Waals surface area (Å²) in [5.41, 5.74) is 2.81. The second-order valence-electron chi connectivity index (χ2n) is 5.62. The minimum Gasteiger partial charge on any atom is -0.464 e. The number of rotatable bonds is 0. The number of carbonyl (C=O) groups excluding carboxylic acids is 2. The molecule has 19 heavy (non-hydrogen) atoms. The van der Waals surface area contributed by atoms with Crippen LogP contribution >= 0.6 is 0 Å². The molecule has 1 aromatic rings. The Hall–Kier alpha value is -1.84. The predicted octanol–water partition coefficient (Wildman–Crippen LogP) is 1.55. The van der Waals surface area contributed by atoms with Crippen molar-refractivity contribution in [1.29, 1.82) is 0 Å². The smallest absolute Gasteiger partial charge is 0.305 e. The Bertz CT molecular complexity index is 583. The van der Waals surface area contributed by atoms with Crippen molar-refractivity contribution in [3.05, 3.63) is 29.3 Å². The molecule has 0 saturated carbocycles. The average Bonchev–Trinajstić information content (AvgIpc) is 2.68. The highest BCUT2D eigenvalue weighted by Gasteiger charge is 2.54. The summed E-state index contributed by atoms with van der Waals surface area (Å²) in [5, 5.41) is 0. The van der Waals surface area contributed by atoms with E-state index in [0.29, 0.717) is 12.8 Å². The quantitative estimate of drug-likeness (QED) is 0.662. The van der Waals surface area contributed by atoms with E-state index in [0.717, 1.165) is 30.6 Å². The molecule has 1 fully saturated rings. The maximum Gasteiger partial charge on any atom is 0.305 e. The van der Waals surface area contributed by atoms with E-state index in [2.05, 4.69) is 6.07 Å². The van der Waals surface area contributed by atoms with Crippen molar-refractivity contribution in [2.75, 3.05) is 18.1 Å². The number of cyclic esters (lactones) is 1. The Labute approximate surface area is 111 Å². The normalized spacial score (nSPS) is 28.5. The van der Waals surface area contributed by atoms with Gasteiger partial charge in [0.05, 0.1) is 5.69 Å². The summed E-state index contributed by atoms with van der Waals surface area (Å²) in [7, 11) is 0. The number of fused-ring (bicyclic) bond motifs is 1. The molecule has 0 aliphatic carbocycles. The Kier molecular flexibility index (Phi) is 2.08. The SMILES string of the molecule is O=C1CCC2(CO1)C(=O)N1CCCc3cccc2c31. The minimum atomic E-state index is -0.608. The molecule has 0 aromatic heterocycles. The molecule has 98 valence electrons. The lowest BCUT2D eigenvalue weighted by atomic mass is 9.76. The van der Waals surface area contributed by atoms with E-state index < -0.39 is 5.41 Å². The summed E-state index contributed by atoms with van der Waals surface area (Å²) in [6, 6.07) is 6.15. The first kappa shape index (κ1) is 11.0. The van der Waals surface area contributed by atoms with Gasteiger partial charge >= 0.3 is 5.97 Å². The van der Waals surface area contributed by atoms with Crippen molar-refractivity contribution in [2.24, 2.45) is 0 Å². The van der Waals surface area contributed by atoms with E-state index in [1.807, 2.05) is 17.0 Å². The first-order valence-electron chi connectivity index (χ1n) is 6.82. The zero-order valence-corrected chi connectivity index (χ0v) is 10.6. The van der Waals surface area contributed by atoms with Crippen molar-refractivity contribution >= 4 is 17.6 Å². The number of para-hydroxylation sites is 1. The summed E-state index contributed by atoms with van der Waals surface area (Å²) in [6.45, 7) is 0.996. The average molecular weight is 257 g/mol. The van der Waals surface area contributed by atoms with Crippen LogP contribution in [0.15, 0.2) is 18.2 Å². The molecular formula is C15H15NO3. The van der Waals surface area contributed by atoms with Gasteiger partial charge in [0.25, 0.3) is 0 Å². The van der Waals surface area contributed by atoms with Gasteiger partial charge in [-0.15, -0.1) is 0 Å². The molecule has 3 heterocycles. The number of hydrogen-bond donors (Lipinski definition) is 0. The van der Waals surface area contributed by atoms with Crippen molar-refractivity contribution in [3.8, 4) is 0 Å². The number of carbonyl (C=O) groups is 2. The van der Waals surface area contributed by atoms with Gasteiger partial charge in [0, 0.05) is 13.0 Å². The number of amides is 1. The molecule has 1 saturated heterocycles. The van der Waals surface area contributed by atoms with Gasteiger partial charge in [0.15, 0.2) is 0 Å². The van der Waals surface area contributed by atoms with Crippen LogP contribution in [0.3, 0.4) is 0 Å². The third-order valence-corrected chi connectivity index (χ3v) is 4.62. The topological polar surface area (TPSA) is 46.6 Å². The summed E-state index contributed by atoms with van der Waals surface area (Å²) in [6.07, 6.45) is 2.96. The van der Waals surface area contributed by atoms with Gasteiger partial charge in [0.1, 0.15) is 12.0 Å². The summed E-state index contributed by atoms with van der Waals surface area (Å²) in [5.74, 6) is -0.0633. The van der Waals surface area contributed by atoms with Crippen molar-refractivity contribution in [2.45, 2.75) is 31.1 Å². The van der Waals surface area contributed by atoms with Gasteiger partial charge < -0.3 is 9.64 Å². The third kappa shape index (κ3) is 1.29. The number of nitrogens with zero attached hydrogens (tertiary/aromatic N) is 1. The number of benzene rings is 1. The van der Waals surface area contributed by atoms with Crippen LogP contribution in [0.1, 0.15) is 30.4 Å². The lowest BCUT2D eigenvalue weighted by Crippen LogP contribution is -2.47. The van der Waals surface area contributed by atoms with Crippen LogP contribution in [0, 0.1) is 0 Å². The Balaban J connectivity index is 1.90. The molecule has 0 radical (unpaired) electrons. The zero-order chi connectivity index (χ0) is 13.0. The van der Waals surface area contributed by atoms with Gasteiger partial charge in [-0.1, -0.05) is 18.2 Å². The standard InChI is InChI=1S/C15H15NO3/c17-12-6-7-15(9-19-12)11-5-1-3-10-4-2-8-16(13(10)11)14(15)18/h1,3,5H,2,4,6-9H2. The molecule has 4 nitrogen and oxygen atoms in total. The Morgan fingerprint density at radius 2 is 2.11 bits per heavy atom. The van der Waals surface area contributed by atoms with Gasteiger partial charge in [-0.05, 0) is 30.4 Å². The number of esters is 1. The third-order valence-electron chi connectivity index (χ3n) is 4.62. The molecule has 1 unspecified atom stereocenters. The minimum absolute atomic E-state index is 0.127. The van der Waals surface area contributed by atoms with Crippen LogP contribution in [-0.4, -0.2) is 25.0 Å². The second-order valence-corrected chi connectivity index (χ2v) is 5.62. The molecule has 0 bridgehead atoms. The van der Waals surface area contributed by atoms with Crippen LogP contribution in [0.4, 0.5) is 5.69 Å². The largest absolute Gasteiger partial charge is 0.464 e. The number of ether oxygens (including phenoxy) is 1. The van der Waals surface area contributed by atoms with E-state index in [1.165, 1.54) is 5.56 Å². The van der Waals surface area contributed by atoms with E-state index in [9.17, 15) is 9.59 Å². The Morgan fingerprint density at radius 3 is 2.89 bits per heavy atom. The molecule has 1 spiro atoms. The number of aryl methyl sites for hydroxylation is 1. The van der Waals surface area contributed by atoms with Crippen molar-refractivity contribution < 1.29 is 14.3 Å². The summed E-state index contributed by atoms with van der Waals surface area (Å²) >= 11 is 0. The monoisotopic (exact) mass is 257 g/mol. The van der Waals surface area contributed by atoms with Crippen LogP contribution in [-0.2, 0) is 26.2 Å². The lowest BCUT2D eigenvalue weighted by Gasteiger charge is -2.31. The van der Waals surface area contributed by atoms with Gasteiger partial charge in [-0.25, -0.2) is 0 Å². The van der Waals surface area contributed by atoms with Gasteiger partial charge in [-0.2, -0.15) is 0 Å². The molecule has 3 aliphatic rings. The number of anilines is 1. The molecule has 1 amide bonds. The Morgan fingerprint density at radius 1 is 1.21 bits per heavy atom. The molecular weight excluding hydrogens is 242 g/mol. The second kappa shape index (κ2) is 3.59. The van der Waals surface area contributed by atoms with Crippen LogP contribution in [0.5, 0.6) is 0 Å². The molecule has 1 atom stereocenters.